The highest BCUT2D eigenvalue weighted by molar-refractivity contribution is 5.53. The summed E-state index contributed by atoms with van der Waals surface area (Å²) in [6.45, 7) is 3.02. The van der Waals surface area contributed by atoms with E-state index < -0.39 is 0 Å². The average molecular weight is 267 g/mol. The van der Waals surface area contributed by atoms with Crippen molar-refractivity contribution in [1.82, 2.24) is 0 Å². The number of aromatic hydroxyl groups is 1. The second kappa shape index (κ2) is 6.80. The summed E-state index contributed by atoms with van der Waals surface area (Å²) in [5.41, 5.74) is 3.68. The van der Waals surface area contributed by atoms with Gasteiger partial charge < -0.3 is 10.0 Å². The molecular weight excluding hydrogens is 246 g/mol. The molecule has 0 fully saturated rings. The molecule has 2 heteroatoms. The first kappa shape index (κ1) is 14.2. The molecule has 0 radical (unpaired) electrons. The van der Waals surface area contributed by atoms with Crippen LogP contribution < -0.4 is 4.90 Å². The number of hydrogen-bond donors (Lipinski definition) is 1. The van der Waals surface area contributed by atoms with Gasteiger partial charge in [0.25, 0.3) is 0 Å². The Labute approximate surface area is 121 Å². The van der Waals surface area contributed by atoms with Crippen LogP contribution >= 0.6 is 0 Å². The van der Waals surface area contributed by atoms with Crippen LogP contribution in [0.2, 0.25) is 0 Å². The van der Waals surface area contributed by atoms with Crippen molar-refractivity contribution in [2.45, 2.75) is 13.3 Å². The Kier molecular flexibility index (Phi) is 4.83. The molecule has 0 atom stereocenters. The quantitative estimate of drug-likeness (QED) is 0.881. The molecule has 0 aliphatic heterocycles. The molecule has 0 saturated heterocycles. The Morgan fingerprint density at radius 3 is 2.25 bits per heavy atom. The maximum atomic E-state index is 9.23. The van der Waals surface area contributed by atoms with Gasteiger partial charge in [0.2, 0.25) is 0 Å². The van der Waals surface area contributed by atoms with Gasteiger partial charge in [-0.1, -0.05) is 43.3 Å². The zero-order valence-corrected chi connectivity index (χ0v) is 12.1. The molecule has 0 amide bonds. The van der Waals surface area contributed by atoms with Gasteiger partial charge in [-0.2, -0.15) is 0 Å². The standard InChI is InChI=1S/C18H21NO/c1-3-15-6-10-17(11-7-15)19(2)14-4-5-16-8-12-18(20)13-9-16/h4-13,20H,3,14H2,1-2H3/b5-4+. The molecule has 0 saturated carbocycles. The molecule has 1 N–H and O–H groups in total. The highest BCUT2D eigenvalue weighted by atomic mass is 16.3. The summed E-state index contributed by atoms with van der Waals surface area (Å²) in [5, 5.41) is 9.23. The fraction of sp³-hybridized carbons (Fsp3) is 0.222. The molecule has 0 unspecified atom stereocenters. The van der Waals surface area contributed by atoms with E-state index in [1.807, 2.05) is 12.1 Å². The number of anilines is 1. The lowest BCUT2D eigenvalue weighted by Gasteiger charge is -2.17. The smallest absolute Gasteiger partial charge is 0.115 e. The molecule has 2 aromatic carbocycles. The third-order valence-corrected chi connectivity index (χ3v) is 3.37. The second-order valence-electron chi connectivity index (χ2n) is 4.89. The molecule has 0 bridgehead atoms. The largest absolute Gasteiger partial charge is 0.508 e. The number of likely N-dealkylation sites (N-methyl/N-ethyl adjacent to an activating group) is 1. The first-order chi connectivity index (χ1) is 9.69. The van der Waals surface area contributed by atoms with E-state index >= 15 is 0 Å². The highest BCUT2D eigenvalue weighted by Gasteiger charge is 1.98. The van der Waals surface area contributed by atoms with Crippen molar-refractivity contribution < 1.29 is 5.11 Å². The molecular formula is C18H21NO. The summed E-state index contributed by atoms with van der Waals surface area (Å²) in [5.74, 6) is 0.301. The van der Waals surface area contributed by atoms with Gasteiger partial charge >= 0.3 is 0 Å². The summed E-state index contributed by atoms with van der Waals surface area (Å²) in [6.07, 6.45) is 5.27. The van der Waals surface area contributed by atoms with E-state index in [0.29, 0.717) is 5.75 Å². The minimum Gasteiger partial charge on any atom is -0.508 e. The first-order valence-electron chi connectivity index (χ1n) is 6.94. The Morgan fingerprint density at radius 2 is 1.65 bits per heavy atom. The van der Waals surface area contributed by atoms with E-state index in [0.717, 1.165) is 18.5 Å². The minimum absolute atomic E-state index is 0.301. The maximum Gasteiger partial charge on any atom is 0.115 e. The monoisotopic (exact) mass is 267 g/mol. The van der Waals surface area contributed by atoms with Gasteiger partial charge in [-0.3, -0.25) is 0 Å². The van der Waals surface area contributed by atoms with Crippen molar-refractivity contribution in [1.29, 1.82) is 0 Å². The van der Waals surface area contributed by atoms with Crippen molar-refractivity contribution in [2.75, 3.05) is 18.5 Å². The van der Waals surface area contributed by atoms with Crippen molar-refractivity contribution in [2.24, 2.45) is 0 Å². The predicted molar refractivity (Wildman–Crippen MR) is 86.2 cm³/mol. The SMILES string of the molecule is CCc1ccc(N(C)C/C=C/c2ccc(O)cc2)cc1. The van der Waals surface area contributed by atoms with Crippen molar-refractivity contribution >= 4 is 11.8 Å². The summed E-state index contributed by atoms with van der Waals surface area (Å²) in [4.78, 5) is 2.20. The topological polar surface area (TPSA) is 23.5 Å². The van der Waals surface area contributed by atoms with E-state index in [2.05, 4.69) is 55.3 Å². The third kappa shape index (κ3) is 3.89. The van der Waals surface area contributed by atoms with Crippen LogP contribution in [0.15, 0.2) is 54.6 Å². The van der Waals surface area contributed by atoms with E-state index in [-0.39, 0.29) is 0 Å². The van der Waals surface area contributed by atoms with Crippen molar-refractivity contribution in [3.05, 3.63) is 65.7 Å². The maximum absolute atomic E-state index is 9.23. The van der Waals surface area contributed by atoms with Crippen LogP contribution in [0, 0.1) is 0 Å². The van der Waals surface area contributed by atoms with Crippen LogP contribution in [-0.4, -0.2) is 18.7 Å². The molecule has 20 heavy (non-hydrogen) atoms. The van der Waals surface area contributed by atoms with Gasteiger partial charge in [0.05, 0.1) is 0 Å². The number of phenols is 1. The summed E-state index contributed by atoms with van der Waals surface area (Å²) >= 11 is 0. The molecule has 2 rings (SSSR count). The molecule has 0 aromatic heterocycles. The van der Waals surface area contributed by atoms with E-state index in [1.54, 1.807) is 12.1 Å². The lowest BCUT2D eigenvalue weighted by molar-refractivity contribution is 0.475. The molecule has 0 aliphatic rings. The summed E-state index contributed by atoms with van der Waals surface area (Å²) in [7, 11) is 2.09. The Balaban J connectivity index is 1.93. The number of hydrogen-bond acceptors (Lipinski definition) is 2. The third-order valence-electron chi connectivity index (χ3n) is 3.37. The zero-order valence-electron chi connectivity index (χ0n) is 12.1. The van der Waals surface area contributed by atoms with Crippen LogP contribution in [0.5, 0.6) is 5.75 Å². The predicted octanol–water partition coefficient (Wildman–Crippen LogP) is 4.10. The molecule has 0 aliphatic carbocycles. The fourth-order valence-corrected chi connectivity index (χ4v) is 2.02. The number of benzene rings is 2. The van der Waals surface area contributed by atoms with Gasteiger partial charge in [-0.15, -0.1) is 0 Å². The van der Waals surface area contributed by atoms with E-state index in [1.165, 1.54) is 11.3 Å². The van der Waals surface area contributed by atoms with Crippen LogP contribution in [0.4, 0.5) is 5.69 Å². The Morgan fingerprint density at radius 1 is 1.00 bits per heavy atom. The van der Waals surface area contributed by atoms with Gasteiger partial charge in [0.1, 0.15) is 5.75 Å². The van der Waals surface area contributed by atoms with Gasteiger partial charge in [-0.05, 0) is 41.8 Å². The van der Waals surface area contributed by atoms with Gasteiger partial charge in [-0.25, -0.2) is 0 Å². The summed E-state index contributed by atoms with van der Waals surface area (Å²) in [6, 6.07) is 15.9. The number of aryl methyl sites for hydroxylation is 1. The van der Waals surface area contributed by atoms with E-state index in [9.17, 15) is 5.11 Å². The molecule has 2 aromatic rings. The highest BCUT2D eigenvalue weighted by Crippen LogP contribution is 2.15. The fourth-order valence-electron chi connectivity index (χ4n) is 2.02. The van der Waals surface area contributed by atoms with Crippen LogP contribution in [0.25, 0.3) is 6.08 Å². The lowest BCUT2D eigenvalue weighted by Crippen LogP contribution is -2.16. The normalized spacial score (nSPS) is 10.9. The molecule has 2 nitrogen and oxygen atoms in total. The second-order valence-corrected chi connectivity index (χ2v) is 4.89. The van der Waals surface area contributed by atoms with Crippen LogP contribution in [-0.2, 0) is 6.42 Å². The van der Waals surface area contributed by atoms with Crippen LogP contribution in [0.1, 0.15) is 18.1 Å². The Hall–Kier alpha value is -2.22. The van der Waals surface area contributed by atoms with Crippen molar-refractivity contribution in [3.63, 3.8) is 0 Å². The minimum atomic E-state index is 0.301. The zero-order chi connectivity index (χ0) is 14.4. The average Bonchev–Trinajstić information content (AvgIpc) is 2.49. The molecule has 0 spiro atoms. The summed E-state index contributed by atoms with van der Waals surface area (Å²) < 4.78 is 0. The Bertz CT molecular complexity index is 555. The lowest BCUT2D eigenvalue weighted by atomic mass is 10.1. The van der Waals surface area contributed by atoms with Gasteiger partial charge in [0.15, 0.2) is 0 Å². The van der Waals surface area contributed by atoms with Crippen LogP contribution in [0.3, 0.4) is 0 Å². The first-order valence-corrected chi connectivity index (χ1v) is 6.94. The molecule has 0 heterocycles. The van der Waals surface area contributed by atoms with E-state index in [4.69, 9.17) is 0 Å². The number of rotatable bonds is 5. The molecule has 104 valence electrons. The number of nitrogens with zero attached hydrogens (tertiary/aromatic N) is 1. The number of phenolic OH excluding ortho intramolecular Hbond substituents is 1. The van der Waals surface area contributed by atoms with Gasteiger partial charge in [0, 0.05) is 19.3 Å². The van der Waals surface area contributed by atoms with Crippen molar-refractivity contribution in [3.8, 4) is 5.75 Å².